The van der Waals surface area contributed by atoms with Crippen molar-refractivity contribution < 1.29 is 14.3 Å². The Morgan fingerprint density at radius 3 is 2.52 bits per heavy atom. The summed E-state index contributed by atoms with van der Waals surface area (Å²) in [5.41, 5.74) is 0.671. The molecule has 0 saturated heterocycles. The maximum Gasteiger partial charge on any atom is 0.173 e. The molecule has 0 amide bonds. The van der Waals surface area contributed by atoms with Crippen molar-refractivity contribution >= 4 is 29.1 Å². The molecule has 0 N–H and O–H groups in total. The van der Waals surface area contributed by atoms with Crippen molar-refractivity contribution in [3.8, 4) is 11.5 Å². The van der Waals surface area contributed by atoms with Gasteiger partial charge in [0, 0.05) is 15.5 Å². The second-order valence-electron chi connectivity index (χ2n) is 4.52. The van der Waals surface area contributed by atoms with Crippen LogP contribution in [0.4, 0.5) is 0 Å². The van der Waals surface area contributed by atoms with E-state index in [1.807, 2.05) is 18.2 Å². The van der Waals surface area contributed by atoms with Gasteiger partial charge in [-0.1, -0.05) is 11.6 Å². The van der Waals surface area contributed by atoms with Crippen LogP contribution in [0.1, 0.15) is 10.4 Å². The fourth-order valence-electron chi connectivity index (χ4n) is 1.98. The highest BCUT2D eigenvalue weighted by atomic mass is 35.5. The van der Waals surface area contributed by atoms with E-state index in [4.69, 9.17) is 21.1 Å². The number of benzene rings is 2. The zero-order valence-electron chi connectivity index (χ0n) is 11.2. The number of fused-ring (bicyclic) bond motifs is 1. The van der Waals surface area contributed by atoms with Gasteiger partial charge in [-0.25, -0.2) is 0 Å². The monoisotopic (exact) mass is 320 g/mol. The number of Topliss-reactive ketones (excluding diaryl/α,β-unsaturated/α-hetero) is 1. The maximum atomic E-state index is 12.1. The summed E-state index contributed by atoms with van der Waals surface area (Å²) < 4.78 is 11.0. The SMILES string of the molecule is O=C(CSc1ccc2c(c1)OCCO2)c1ccc(Cl)cc1. The van der Waals surface area contributed by atoms with Crippen LogP contribution in [0.5, 0.6) is 11.5 Å². The van der Waals surface area contributed by atoms with Crippen LogP contribution >= 0.6 is 23.4 Å². The number of ether oxygens (including phenoxy) is 2. The Labute approximate surface area is 132 Å². The number of carbonyl (C=O) groups is 1. The molecule has 0 unspecified atom stereocenters. The van der Waals surface area contributed by atoms with Crippen LogP contribution in [0.2, 0.25) is 5.02 Å². The summed E-state index contributed by atoms with van der Waals surface area (Å²) in [6.45, 7) is 1.14. The molecular weight excluding hydrogens is 308 g/mol. The van der Waals surface area contributed by atoms with Gasteiger partial charge in [0.1, 0.15) is 13.2 Å². The molecule has 1 heterocycles. The third-order valence-corrected chi connectivity index (χ3v) is 4.30. The van der Waals surface area contributed by atoms with E-state index in [1.54, 1.807) is 24.3 Å². The second-order valence-corrected chi connectivity index (χ2v) is 6.01. The molecule has 3 nitrogen and oxygen atoms in total. The predicted octanol–water partition coefficient (Wildman–Crippen LogP) is 4.09. The first-order valence-electron chi connectivity index (χ1n) is 6.53. The number of hydrogen-bond donors (Lipinski definition) is 0. The highest BCUT2D eigenvalue weighted by molar-refractivity contribution is 8.00. The fraction of sp³-hybridized carbons (Fsp3) is 0.188. The Bertz CT molecular complexity index is 655. The van der Waals surface area contributed by atoms with Gasteiger partial charge in [0.2, 0.25) is 0 Å². The van der Waals surface area contributed by atoms with E-state index < -0.39 is 0 Å². The normalized spacial score (nSPS) is 13.0. The lowest BCUT2D eigenvalue weighted by Crippen LogP contribution is -2.15. The Morgan fingerprint density at radius 1 is 1.05 bits per heavy atom. The Morgan fingerprint density at radius 2 is 1.76 bits per heavy atom. The van der Waals surface area contributed by atoms with Gasteiger partial charge in [-0.15, -0.1) is 11.8 Å². The molecule has 3 rings (SSSR count). The predicted molar refractivity (Wildman–Crippen MR) is 83.9 cm³/mol. The van der Waals surface area contributed by atoms with Crippen molar-refractivity contribution in [2.24, 2.45) is 0 Å². The highest BCUT2D eigenvalue weighted by Crippen LogP contribution is 2.34. The lowest BCUT2D eigenvalue weighted by molar-refractivity contribution is 0.102. The minimum absolute atomic E-state index is 0.0755. The average molecular weight is 321 g/mol. The Kier molecular flexibility index (Phi) is 4.36. The van der Waals surface area contributed by atoms with Crippen LogP contribution in [-0.4, -0.2) is 24.7 Å². The summed E-state index contributed by atoms with van der Waals surface area (Å²) in [5, 5.41) is 0.631. The maximum absolute atomic E-state index is 12.1. The van der Waals surface area contributed by atoms with Crippen LogP contribution < -0.4 is 9.47 Å². The quantitative estimate of drug-likeness (QED) is 0.628. The number of hydrogen-bond acceptors (Lipinski definition) is 4. The van der Waals surface area contributed by atoms with Gasteiger partial charge in [-0.05, 0) is 42.5 Å². The molecule has 0 radical (unpaired) electrons. The van der Waals surface area contributed by atoms with Gasteiger partial charge in [0.05, 0.1) is 5.75 Å². The number of carbonyl (C=O) groups excluding carboxylic acids is 1. The average Bonchev–Trinajstić information content (AvgIpc) is 2.53. The van der Waals surface area contributed by atoms with E-state index in [2.05, 4.69) is 0 Å². The van der Waals surface area contributed by atoms with Crippen LogP contribution in [0.3, 0.4) is 0 Å². The number of ketones is 1. The minimum atomic E-state index is 0.0755. The van der Waals surface area contributed by atoms with Gasteiger partial charge in [0.25, 0.3) is 0 Å². The highest BCUT2D eigenvalue weighted by Gasteiger charge is 2.13. The molecule has 1 aliphatic heterocycles. The zero-order valence-corrected chi connectivity index (χ0v) is 12.7. The minimum Gasteiger partial charge on any atom is -0.486 e. The zero-order chi connectivity index (χ0) is 14.7. The molecule has 1 aliphatic rings. The van der Waals surface area contributed by atoms with Crippen molar-refractivity contribution in [1.29, 1.82) is 0 Å². The summed E-state index contributed by atoms with van der Waals surface area (Å²) >= 11 is 7.30. The summed E-state index contributed by atoms with van der Waals surface area (Å²) in [5.74, 6) is 1.95. The largest absolute Gasteiger partial charge is 0.486 e. The van der Waals surface area contributed by atoms with Crippen molar-refractivity contribution in [1.82, 2.24) is 0 Å². The lowest BCUT2D eigenvalue weighted by Gasteiger charge is -2.18. The fourth-order valence-corrected chi connectivity index (χ4v) is 2.93. The van der Waals surface area contributed by atoms with E-state index in [9.17, 15) is 4.79 Å². The first kappa shape index (κ1) is 14.3. The molecule has 108 valence electrons. The molecule has 0 aliphatic carbocycles. The van der Waals surface area contributed by atoms with Crippen molar-refractivity contribution in [2.45, 2.75) is 4.90 Å². The summed E-state index contributed by atoms with van der Waals surface area (Å²) in [6.07, 6.45) is 0. The molecule has 0 bridgehead atoms. The first-order valence-corrected chi connectivity index (χ1v) is 7.90. The first-order chi connectivity index (χ1) is 10.2. The lowest BCUT2D eigenvalue weighted by atomic mass is 10.1. The van der Waals surface area contributed by atoms with Gasteiger partial charge in [-0.2, -0.15) is 0 Å². The van der Waals surface area contributed by atoms with E-state index >= 15 is 0 Å². The molecule has 21 heavy (non-hydrogen) atoms. The summed E-state index contributed by atoms with van der Waals surface area (Å²) in [4.78, 5) is 13.1. The molecule has 0 spiro atoms. The summed E-state index contributed by atoms with van der Waals surface area (Å²) in [7, 11) is 0. The number of rotatable bonds is 4. The molecule has 0 fully saturated rings. The molecule has 0 atom stereocenters. The van der Waals surface area contributed by atoms with Crippen molar-refractivity contribution in [2.75, 3.05) is 19.0 Å². The van der Waals surface area contributed by atoms with Gasteiger partial charge in [0.15, 0.2) is 17.3 Å². The molecule has 5 heteroatoms. The van der Waals surface area contributed by atoms with Crippen molar-refractivity contribution in [3.63, 3.8) is 0 Å². The molecule has 0 saturated carbocycles. The van der Waals surface area contributed by atoms with Gasteiger partial charge < -0.3 is 9.47 Å². The van der Waals surface area contributed by atoms with Crippen LogP contribution in [0.15, 0.2) is 47.4 Å². The smallest absolute Gasteiger partial charge is 0.173 e. The third kappa shape index (κ3) is 3.52. The van der Waals surface area contributed by atoms with Crippen LogP contribution in [0.25, 0.3) is 0 Å². The molecule has 2 aromatic rings. The number of halogens is 1. The van der Waals surface area contributed by atoms with E-state index in [0.29, 0.717) is 29.6 Å². The molecule has 0 aromatic heterocycles. The van der Waals surface area contributed by atoms with Crippen LogP contribution in [0, 0.1) is 0 Å². The molecule has 2 aromatic carbocycles. The second kappa shape index (κ2) is 6.41. The standard InChI is InChI=1S/C16H13ClO3S/c17-12-3-1-11(2-4-12)14(18)10-21-13-5-6-15-16(9-13)20-8-7-19-15/h1-6,9H,7-8,10H2. The number of thioether (sulfide) groups is 1. The third-order valence-electron chi connectivity index (χ3n) is 3.05. The topological polar surface area (TPSA) is 35.5 Å². The van der Waals surface area contributed by atoms with E-state index in [1.165, 1.54) is 11.8 Å². The van der Waals surface area contributed by atoms with E-state index in [-0.39, 0.29) is 5.78 Å². The molecular formula is C16H13ClO3S. The Hall–Kier alpha value is -1.65. The Balaban J connectivity index is 1.64. The van der Waals surface area contributed by atoms with Gasteiger partial charge in [-0.3, -0.25) is 4.79 Å². The van der Waals surface area contributed by atoms with E-state index in [0.717, 1.165) is 16.4 Å². The van der Waals surface area contributed by atoms with Crippen LogP contribution in [-0.2, 0) is 0 Å². The summed E-state index contributed by atoms with van der Waals surface area (Å²) in [6, 6.07) is 12.7. The van der Waals surface area contributed by atoms with Crippen molar-refractivity contribution in [3.05, 3.63) is 53.1 Å². The van der Waals surface area contributed by atoms with Gasteiger partial charge >= 0.3 is 0 Å².